The molecule has 2 atom stereocenters. The van der Waals surface area contributed by atoms with E-state index in [-0.39, 0.29) is 12.1 Å². The Hall–Kier alpha value is -0.650. The minimum Gasteiger partial charge on any atom is -0.326 e. The summed E-state index contributed by atoms with van der Waals surface area (Å²) in [6.45, 7) is 2.16. The molecule has 1 aliphatic carbocycles. The van der Waals surface area contributed by atoms with Crippen molar-refractivity contribution in [1.82, 2.24) is 9.55 Å². The van der Waals surface area contributed by atoms with Crippen LogP contribution in [0.4, 0.5) is 0 Å². The predicted octanol–water partition coefficient (Wildman–Crippen LogP) is 3.91. The Balaban J connectivity index is 2.03. The van der Waals surface area contributed by atoms with E-state index in [9.17, 15) is 0 Å². The molecule has 0 amide bonds. The Morgan fingerprint density at radius 2 is 2.25 bits per heavy atom. The van der Waals surface area contributed by atoms with Gasteiger partial charge in [-0.3, -0.25) is 0 Å². The Morgan fingerprint density at radius 1 is 1.45 bits per heavy atom. The molecule has 2 unspecified atom stereocenters. The molecule has 2 aromatic rings. The van der Waals surface area contributed by atoms with E-state index >= 15 is 0 Å². The topological polar surface area (TPSA) is 43.8 Å². The van der Waals surface area contributed by atoms with Gasteiger partial charge in [0.2, 0.25) is 0 Å². The van der Waals surface area contributed by atoms with E-state index in [1.54, 1.807) is 11.3 Å². The number of nitrogens with zero attached hydrogens (tertiary/aromatic N) is 2. The zero-order valence-electron chi connectivity index (χ0n) is 11.7. The maximum Gasteiger partial charge on any atom is 0.0958 e. The molecule has 5 heteroatoms. The van der Waals surface area contributed by atoms with Crippen molar-refractivity contribution in [3.63, 3.8) is 0 Å². The van der Waals surface area contributed by atoms with Crippen LogP contribution in [-0.2, 0) is 12.8 Å². The van der Waals surface area contributed by atoms with E-state index in [1.165, 1.54) is 29.1 Å². The summed E-state index contributed by atoms with van der Waals surface area (Å²) in [6, 6.07) is 2.53. The lowest BCUT2D eigenvalue weighted by Gasteiger charge is -2.26. The number of thiophene rings is 1. The maximum atomic E-state index is 6.43. The molecule has 0 spiro atoms. The van der Waals surface area contributed by atoms with Crippen LogP contribution in [0.1, 0.15) is 48.5 Å². The van der Waals surface area contributed by atoms with Gasteiger partial charge in [0.1, 0.15) is 0 Å². The number of nitrogens with two attached hydrogens (primary N) is 1. The molecule has 0 aromatic carbocycles. The normalized spacial score (nSPS) is 17.8. The Labute approximate surface area is 132 Å². The number of rotatable bonds is 4. The van der Waals surface area contributed by atoms with E-state index in [2.05, 4.69) is 43.9 Å². The number of hydrogen-bond donors (Lipinski definition) is 1. The van der Waals surface area contributed by atoms with E-state index in [4.69, 9.17) is 5.73 Å². The fourth-order valence-corrected chi connectivity index (χ4v) is 4.61. The average molecular weight is 354 g/mol. The molecule has 2 heterocycles. The van der Waals surface area contributed by atoms with Crippen molar-refractivity contribution in [3.8, 4) is 0 Å². The van der Waals surface area contributed by atoms with Crippen molar-refractivity contribution >= 4 is 27.3 Å². The molecule has 2 aromatic heterocycles. The lowest BCUT2D eigenvalue weighted by molar-refractivity contribution is 0.447. The third kappa shape index (κ3) is 2.59. The highest BCUT2D eigenvalue weighted by atomic mass is 79.9. The van der Waals surface area contributed by atoms with Gasteiger partial charge in [0.15, 0.2) is 0 Å². The molecule has 0 saturated heterocycles. The molecule has 0 fully saturated rings. The number of imidazole rings is 1. The van der Waals surface area contributed by atoms with Gasteiger partial charge in [0, 0.05) is 26.5 Å². The van der Waals surface area contributed by atoms with Crippen molar-refractivity contribution in [2.45, 2.75) is 51.1 Å². The number of aromatic nitrogens is 2. The van der Waals surface area contributed by atoms with E-state index in [0.717, 1.165) is 23.7 Å². The van der Waals surface area contributed by atoms with Crippen molar-refractivity contribution in [2.75, 3.05) is 0 Å². The molecule has 108 valence electrons. The third-order valence-electron chi connectivity index (χ3n) is 4.12. The highest BCUT2D eigenvalue weighted by Gasteiger charge is 2.26. The molecule has 3 rings (SSSR count). The molecular weight excluding hydrogens is 334 g/mol. The second-order valence-electron chi connectivity index (χ2n) is 5.44. The van der Waals surface area contributed by atoms with Crippen LogP contribution < -0.4 is 5.73 Å². The zero-order valence-corrected chi connectivity index (χ0v) is 14.1. The Kier molecular flexibility index (Phi) is 4.29. The summed E-state index contributed by atoms with van der Waals surface area (Å²) >= 11 is 5.33. The first kappa shape index (κ1) is 14.3. The van der Waals surface area contributed by atoms with Gasteiger partial charge in [-0.05, 0) is 54.1 Å². The lowest BCUT2D eigenvalue weighted by Crippen LogP contribution is -2.33. The van der Waals surface area contributed by atoms with E-state index in [0.29, 0.717) is 0 Å². The first-order valence-electron chi connectivity index (χ1n) is 7.24. The summed E-state index contributed by atoms with van der Waals surface area (Å²) < 4.78 is 3.47. The summed E-state index contributed by atoms with van der Waals surface area (Å²) in [5.74, 6) is 0. The van der Waals surface area contributed by atoms with Gasteiger partial charge in [-0.1, -0.05) is 6.92 Å². The largest absolute Gasteiger partial charge is 0.326 e. The van der Waals surface area contributed by atoms with Crippen LogP contribution in [0.5, 0.6) is 0 Å². The molecule has 20 heavy (non-hydrogen) atoms. The van der Waals surface area contributed by atoms with Crippen LogP contribution in [0.2, 0.25) is 0 Å². The maximum absolute atomic E-state index is 6.43. The van der Waals surface area contributed by atoms with Crippen molar-refractivity contribution in [3.05, 3.63) is 38.5 Å². The van der Waals surface area contributed by atoms with Crippen LogP contribution in [0.25, 0.3) is 0 Å². The summed E-state index contributed by atoms with van der Waals surface area (Å²) in [5, 5.41) is 2.13. The number of fused-ring (bicyclic) bond motifs is 1. The summed E-state index contributed by atoms with van der Waals surface area (Å²) in [4.78, 5) is 5.94. The van der Waals surface area contributed by atoms with Crippen LogP contribution in [0, 0.1) is 0 Å². The van der Waals surface area contributed by atoms with E-state index < -0.39 is 0 Å². The van der Waals surface area contributed by atoms with Crippen LogP contribution in [0.3, 0.4) is 0 Å². The van der Waals surface area contributed by atoms with Crippen LogP contribution in [0.15, 0.2) is 22.2 Å². The molecule has 3 nitrogen and oxygen atoms in total. The number of hydrogen-bond acceptors (Lipinski definition) is 3. The first-order chi connectivity index (χ1) is 9.70. The van der Waals surface area contributed by atoms with Gasteiger partial charge in [-0.25, -0.2) is 4.98 Å². The van der Waals surface area contributed by atoms with Gasteiger partial charge < -0.3 is 10.3 Å². The Morgan fingerprint density at radius 3 is 2.95 bits per heavy atom. The third-order valence-corrected chi connectivity index (χ3v) is 5.88. The second-order valence-corrected chi connectivity index (χ2v) is 7.30. The van der Waals surface area contributed by atoms with Crippen molar-refractivity contribution in [1.29, 1.82) is 0 Å². The number of halogens is 1. The standard InChI is InChI=1S/C15H20BrN3S/c1-2-11(17)15(14-7-10(16)8-20-14)19-9-18-12-5-3-4-6-13(12)19/h7-9,11,15H,2-6,17H2,1H3. The monoisotopic (exact) mass is 353 g/mol. The molecule has 2 N–H and O–H groups in total. The highest BCUT2D eigenvalue weighted by molar-refractivity contribution is 9.10. The molecular formula is C15H20BrN3S. The van der Waals surface area contributed by atoms with Crippen LogP contribution in [-0.4, -0.2) is 15.6 Å². The molecule has 0 radical (unpaired) electrons. The van der Waals surface area contributed by atoms with Gasteiger partial charge in [0.25, 0.3) is 0 Å². The van der Waals surface area contributed by atoms with Gasteiger partial charge in [0.05, 0.1) is 18.1 Å². The van der Waals surface area contributed by atoms with Gasteiger partial charge in [-0.2, -0.15) is 0 Å². The quantitative estimate of drug-likeness (QED) is 0.905. The first-order valence-corrected chi connectivity index (χ1v) is 8.92. The average Bonchev–Trinajstić information content (AvgIpc) is 3.07. The molecule has 0 aliphatic heterocycles. The fraction of sp³-hybridized carbons (Fsp3) is 0.533. The molecule has 0 saturated carbocycles. The predicted molar refractivity (Wildman–Crippen MR) is 87.3 cm³/mol. The Bertz CT molecular complexity index is 590. The van der Waals surface area contributed by atoms with Crippen molar-refractivity contribution < 1.29 is 0 Å². The van der Waals surface area contributed by atoms with Crippen LogP contribution >= 0.6 is 27.3 Å². The van der Waals surface area contributed by atoms with Gasteiger partial charge in [-0.15, -0.1) is 11.3 Å². The SMILES string of the molecule is CCC(N)C(c1cc(Br)cs1)n1cnc2c1CCCC2. The minimum absolute atomic E-state index is 0.126. The number of aryl methyl sites for hydroxylation is 1. The summed E-state index contributed by atoms with van der Waals surface area (Å²) in [7, 11) is 0. The van der Waals surface area contributed by atoms with Crippen molar-refractivity contribution in [2.24, 2.45) is 5.73 Å². The lowest BCUT2D eigenvalue weighted by atomic mass is 9.99. The summed E-state index contributed by atoms with van der Waals surface area (Å²) in [5.41, 5.74) is 9.10. The minimum atomic E-state index is 0.126. The smallest absolute Gasteiger partial charge is 0.0958 e. The van der Waals surface area contributed by atoms with E-state index in [1.807, 2.05) is 6.33 Å². The molecule has 1 aliphatic rings. The zero-order chi connectivity index (χ0) is 14.1. The summed E-state index contributed by atoms with van der Waals surface area (Å²) in [6.07, 6.45) is 7.75. The molecule has 0 bridgehead atoms. The highest BCUT2D eigenvalue weighted by Crippen LogP contribution is 2.33. The fourth-order valence-electron chi connectivity index (χ4n) is 2.99. The van der Waals surface area contributed by atoms with Gasteiger partial charge >= 0.3 is 0 Å². The second kappa shape index (κ2) is 6.00.